The van der Waals surface area contributed by atoms with Crippen molar-refractivity contribution in [1.29, 1.82) is 0 Å². The molecular formula is C18H29NOS. The second kappa shape index (κ2) is 7.26. The largest absolute Gasteiger partial charge is 0.494 e. The Bertz CT molecular complexity index is 457. The van der Waals surface area contributed by atoms with Gasteiger partial charge in [-0.25, -0.2) is 0 Å². The van der Waals surface area contributed by atoms with E-state index >= 15 is 0 Å². The van der Waals surface area contributed by atoms with Crippen molar-refractivity contribution in [2.45, 2.75) is 59.3 Å². The third-order valence-corrected chi connectivity index (χ3v) is 3.65. The van der Waals surface area contributed by atoms with Crippen molar-refractivity contribution in [2.24, 2.45) is 11.1 Å². The van der Waals surface area contributed by atoms with E-state index in [1.165, 1.54) is 5.56 Å². The van der Waals surface area contributed by atoms with E-state index in [0.29, 0.717) is 17.0 Å². The van der Waals surface area contributed by atoms with Crippen LogP contribution in [0, 0.1) is 5.41 Å². The predicted octanol–water partition coefficient (Wildman–Crippen LogP) is 4.85. The summed E-state index contributed by atoms with van der Waals surface area (Å²) in [5.41, 5.74) is 7.31. The van der Waals surface area contributed by atoms with Crippen LogP contribution in [-0.2, 0) is 5.41 Å². The number of benzene rings is 1. The zero-order chi connectivity index (χ0) is 16.1. The molecule has 0 spiro atoms. The number of hydrogen-bond acceptors (Lipinski definition) is 2. The molecule has 0 heterocycles. The SMILES string of the molecule is CC(C)(C)CC(C)(C)c1ccc(OCCCC(N)=S)cc1. The van der Waals surface area contributed by atoms with Crippen LogP contribution < -0.4 is 10.5 Å². The van der Waals surface area contributed by atoms with Gasteiger partial charge in [0.15, 0.2) is 0 Å². The van der Waals surface area contributed by atoms with Crippen LogP contribution >= 0.6 is 12.2 Å². The standard InChI is InChI=1S/C18H29NOS/c1-17(2,3)13-18(4,5)14-8-10-15(11-9-14)20-12-6-7-16(19)21/h8-11H,6-7,12-13H2,1-5H3,(H2,19,21). The van der Waals surface area contributed by atoms with E-state index in [4.69, 9.17) is 22.7 Å². The number of rotatable bonds is 7. The molecule has 0 saturated heterocycles. The highest BCUT2D eigenvalue weighted by Gasteiger charge is 2.27. The maximum absolute atomic E-state index is 5.71. The van der Waals surface area contributed by atoms with Gasteiger partial charge in [0, 0.05) is 6.42 Å². The van der Waals surface area contributed by atoms with Crippen LogP contribution in [-0.4, -0.2) is 11.6 Å². The minimum absolute atomic E-state index is 0.169. The first-order chi connectivity index (χ1) is 9.60. The van der Waals surface area contributed by atoms with Gasteiger partial charge in [-0.15, -0.1) is 0 Å². The first-order valence-electron chi connectivity index (χ1n) is 7.62. The second-order valence-electron chi connectivity index (χ2n) is 7.56. The zero-order valence-corrected chi connectivity index (χ0v) is 14.8. The third kappa shape index (κ3) is 6.94. The highest BCUT2D eigenvalue weighted by molar-refractivity contribution is 7.80. The van der Waals surface area contributed by atoms with Gasteiger partial charge < -0.3 is 10.5 Å². The molecule has 0 radical (unpaired) electrons. The van der Waals surface area contributed by atoms with Gasteiger partial charge >= 0.3 is 0 Å². The number of nitrogens with two attached hydrogens (primary N) is 1. The summed E-state index contributed by atoms with van der Waals surface area (Å²) < 4.78 is 5.71. The molecule has 1 aromatic carbocycles. The van der Waals surface area contributed by atoms with Crippen molar-refractivity contribution < 1.29 is 4.74 Å². The monoisotopic (exact) mass is 307 g/mol. The molecule has 0 atom stereocenters. The lowest BCUT2D eigenvalue weighted by atomic mass is 9.72. The van der Waals surface area contributed by atoms with Gasteiger partial charge in [0.2, 0.25) is 0 Å². The molecule has 3 heteroatoms. The molecule has 0 bridgehead atoms. The molecule has 0 amide bonds. The first-order valence-corrected chi connectivity index (χ1v) is 8.03. The number of ether oxygens (including phenoxy) is 1. The maximum atomic E-state index is 5.71. The molecule has 0 aliphatic rings. The van der Waals surface area contributed by atoms with Crippen LogP contribution in [0.2, 0.25) is 0 Å². The van der Waals surface area contributed by atoms with Crippen molar-refractivity contribution >= 4 is 17.2 Å². The van der Waals surface area contributed by atoms with Gasteiger partial charge in [0.05, 0.1) is 11.6 Å². The van der Waals surface area contributed by atoms with Gasteiger partial charge in [0.1, 0.15) is 5.75 Å². The Balaban J connectivity index is 2.59. The minimum Gasteiger partial charge on any atom is -0.494 e. The molecule has 1 aromatic rings. The smallest absolute Gasteiger partial charge is 0.119 e. The average molecular weight is 308 g/mol. The van der Waals surface area contributed by atoms with Crippen molar-refractivity contribution in [3.05, 3.63) is 29.8 Å². The first kappa shape index (κ1) is 18.0. The molecular weight excluding hydrogens is 278 g/mol. The van der Waals surface area contributed by atoms with Crippen LogP contribution in [0.3, 0.4) is 0 Å². The van der Waals surface area contributed by atoms with Gasteiger partial charge in [-0.05, 0) is 41.4 Å². The highest BCUT2D eigenvalue weighted by Crippen LogP contribution is 2.36. The van der Waals surface area contributed by atoms with E-state index < -0.39 is 0 Å². The Labute approximate surface area is 135 Å². The predicted molar refractivity (Wildman–Crippen MR) is 95.1 cm³/mol. The Morgan fingerprint density at radius 1 is 1.10 bits per heavy atom. The zero-order valence-electron chi connectivity index (χ0n) is 14.0. The van der Waals surface area contributed by atoms with E-state index in [1.807, 2.05) is 0 Å². The molecule has 0 fully saturated rings. The van der Waals surface area contributed by atoms with Crippen molar-refractivity contribution in [2.75, 3.05) is 6.61 Å². The summed E-state index contributed by atoms with van der Waals surface area (Å²) in [5.74, 6) is 0.910. The lowest BCUT2D eigenvalue weighted by Crippen LogP contribution is -2.24. The average Bonchev–Trinajstić information content (AvgIpc) is 2.32. The lowest BCUT2D eigenvalue weighted by molar-refractivity contribution is 0.283. The van der Waals surface area contributed by atoms with E-state index in [1.54, 1.807) is 0 Å². The van der Waals surface area contributed by atoms with Crippen LogP contribution in [0.4, 0.5) is 0 Å². The van der Waals surface area contributed by atoms with Gasteiger partial charge in [0.25, 0.3) is 0 Å². The third-order valence-electron chi connectivity index (χ3n) is 3.44. The molecule has 2 N–H and O–H groups in total. The van der Waals surface area contributed by atoms with Crippen molar-refractivity contribution in [3.63, 3.8) is 0 Å². The van der Waals surface area contributed by atoms with E-state index in [9.17, 15) is 0 Å². The Hall–Kier alpha value is -1.09. The van der Waals surface area contributed by atoms with E-state index in [2.05, 4.69) is 58.9 Å². The molecule has 0 aliphatic carbocycles. The van der Waals surface area contributed by atoms with Crippen molar-refractivity contribution in [3.8, 4) is 5.75 Å². The molecule has 0 unspecified atom stereocenters. The van der Waals surface area contributed by atoms with Gasteiger partial charge in [-0.2, -0.15) is 0 Å². The normalized spacial score (nSPS) is 12.2. The van der Waals surface area contributed by atoms with Crippen molar-refractivity contribution in [1.82, 2.24) is 0 Å². The molecule has 21 heavy (non-hydrogen) atoms. The van der Waals surface area contributed by atoms with Crippen LogP contribution in [0.15, 0.2) is 24.3 Å². The molecule has 0 saturated carbocycles. The summed E-state index contributed by atoms with van der Waals surface area (Å²) in [7, 11) is 0. The van der Waals surface area contributed by atoms with E-state index in [-0.39, 0.29) is 5.41 Å². The summed E-state index contributed by atoms with van der Waals surface area (Å²) in [5, 5.41) is 0. The maximum Gasteiger partial charge on any atom is 0.119 e. The minimum atomic E-state index is 0.169. The summed E-state index contributed by atoms with van der Waals surface area (Å²) in [4.78, 5) is 0.554. The molecule has 118 valence electrons. The quantitative estimate of drug-likeness (QED) is 0.578. The highest BCUT2D eigenvalue weighted by atomic mass is 32.1. The summed E-state index contributed by atoms with van der Waals surface area (Å²) in [6.07, 6.45) is 2.76. The van der Waals surface area contributed by atoms with Gasteiger partial charge in [-0.3, -0.25) is 0 Å². The number of hydrogen-bond donors (Lipinski definition) is 1. The molecule has 1 rings (SSSR count). The Morgan fingerprint density at radius 3 is 2.14 bits per heavy atom. The Kier molecular flexibility index (Phi) is 6.21. The summed E-state index contributed by atoms with van der Waals surface area (Å²) in [6.45, 7) is 12.1. The van der Waals surface area contributed by atoms with Crippen LogP contribution in [0.1, 0.15) is 59.4 Å². The fraction of sp³-hybridized carbons (Fsp3) is 0.611. The lowest BCUT2D eigenvalue weighted by Gasteiger charge is -2.33. The van der Waals surface area contributed by atoms with Crippen LogP contribution in [0.5, 0.6) is 5.75 Å². The second-order valence-corrected chi connectivity index (χ2v) is 8.09. The van der Waals surface area contributed by atoms with Gasteiger partial charge in [-0.1, -0.05) is 59.0 Å². The summed E-state index contributed by atoms with van der Waals surface area (Å²) in [6, 6.07) is 8.46. The fourth-order valence-corrected chi connectivity index (χ4v) is 3.01. The number of thiocarbonyl (C=S) groups is 1. The topological polar surface area (TPSA) is 35.2 Å². The van der Waals surface area contributed by atoms with E-state index in [0.717, 1.165) is 25.0 Å². The molecule has 2 nitrogen and oxygen atoms in total. The Morgan fingerprint density at radius 2 is 1.67 bits per heavy atom. The summed E-state index contributed by atoms with van der Waals surface area (Å²) >= 11 is 4.85. The fourth-order valence-electron chi connectivity index (χ4n) is 2.87. The van der Waals surface area contributed by atoms with Crippen LogP contribution in [0.25, 0.3) is 0 Å². The molecule has 0 aromatic heterocycles. The molecule has 0 aliphatic heterocycles.